The Hall–Kier alpha value is -3.25. The third kappa shape index (κ3) is 3.14. The maximum Gasteiger partial charge on any atom is 0.258 e. The van der Waals surface area contributed by atoms with E-state index in [-0.39, 0.29) is 5.56 Å². The number of aromatic nitrogens is 3. The van der Waals surface area contributed by atoms with Crippen LogP contribution in [0.5, 0.6) is 0 Å². The molecule has 26 heavy (non-hydrogen) atoms. The number of rotatable bonds is 3. The summed E-state index contributed by atoms with van der Waals surface area (Å²) in [6.07, 6.45) is 0. The van der Waals surface area contributed by atoms with Crippen molar-refractivity contribution in [2.24, 2.45) is 0 Å². The predicted octanol–water partition coefficient (Wildman–Crippen LogP) is 4.47. The lowest BCUT2D eigenvalue weighted by Gasteiger charge is -2.05. The van der Waals surface area contributed by atoms with E-state index in [1.807, 2.05) is 12.1 Å². The van der Waals surface area contributed by atoms with Gasteiger partial charge in [-0.3, -0.25) is 4.79 Å². The van der Waals surface area contributed by atoms with Crippen LogP contribution in [0, 0.1) is 5.82 Å². The van der Waals surface area contributed by atoms with Gasteiger partial charge in [-0.2, -0.15) is 4.80 Å². The van der Waals surface area contributed by atoms with Gasteiger partial charge >= 0.3 is 0 Å². The van der Waals surface area contributed by atoms with Gasteiger partial charge in [-0.15, -0.1) is 10.2 Å². The number of fused-ring (bicyclic) bond motifs is 1. The highest BCUT2D eigenvalue weighted by atomic mass is 35.5. The average Bonchev–Trinajstić information content (AvgIpc) is 3.05. The first-order chi connectivity index (χ1) is 12.6. The third-order valence-electron chi connectivity index (χ3n) is 3.80. The molecular weight excluding hydrogens is 355 g/mol. The highest BCUT2D eigenvalue weighted by Crippen LogP contribution is 2.20. The summed E-state index contributed by atoms with van der Waals surface area (Å²) < 4.78 is 13.7. The maximum atomic E-state index is 13.7. The molecule has 5 nitrogen and oxygen atoms in total. The molecule has 0 saturated heterocycles. The fourth-order valence-corrected chi connectivity index (χ4v) is 2.74. The Morgan fingerprint density at radius 3 is 2.58 bits per heavy atom. The van der Waals surface area contributed by atoms with Crippen molar-refractivity contribution < 1.29 is 9.18 Å². The Morgan fingerprint density at radius 1 is 0.962 bits per heavy atom. The SMILES string of the molecule is O=C(Nc1ccc2nn(-c3cccc(Cl)c3)nc2c1)c1ccccc1F. The van der Waals surface area contributed by atoms with E-state index in [1.165, 1.54) is 23.0 Å². The summed E-state index contributed by atoms with van der Waals surface area (Å²) in [6.45, 7) is 0. The van der Waals surface area contributed by atoms with E-state index in [9.17, 15) is 9.18 Å². The first-order valence-corrected chi connectivity index (χ1v) is 8.17. The van der Waals surface area contributed by atoms with Gasteiger partial charge in [0, 0.05) is 10.7 Å². The fraction of sp³-hybridized carbons (Fsp3) is 0. The monoisotopic (exact) mass is 366 g/mol. The first-order valence-electron chi connectivity index (χ1n) is 7.79. The van der Waals surface area contributed by atoms with Crippen molar-refractivity contribution in [1.29, 1.82) is 0 Å². The van der Waals surface area contributed by atoms with Gasteiger partial charge in [0.25, 0.3) is 5.91 Å². The Morgan fingerprint density at radius 2 is 1.77 bits per heavy atom. The quantitative estimate of drug-likeness (QED) is 0.582. The summed E-state index contributed by atoms with van der Waals surface area (Å²) in [7, 11) is 0. The van der Waals surface area contributed by atoms with Crippen LogP contribution in [-0.4, -0.2) is 20.9 Å². The molecule has 128 valence electrons. The molecule has 4 rings (SSSR count). The summed E-state index contributed by atoms with van der Waals surface area (Å²) in [4.78, 5) is 13.7. The van der Waals surface area contributed by atoms with Crippen LogP contribution in [0.1, 0.15) is 10.4 Å². The average molecular weight is 367 g/mol. The summed E-state index contributed by atoms with van der Waals surface area (Å²) >= 11 is 6.00. The second-order valence-electron chi connectivity index (χ2n) is 5.61. The number of amides is 1. The maximum absolute atomic E-state index is 13.7. The minimum atomic E-state index is -0.571. The van der Waals surface area contributed by atoms with Gasteiger partial charge in [0.05, 0.1) is 11.3 Å². The summed E-state index contributed by atoms with van der Waals surface area (Å²) in [6, 6.07) is 18.1. The number of nitrogens with zero attached hydrogens (tertiary/aromatic N) is 3. The normalized spacial score (nSPS) is 10.8. The van der Waals surface area contributed by atoms with Crippen molar-refractivity contribution in [1.82, 2.24) is 15.0 Å². The van der Waals surface area contributed by atoms with E-state index >= 15 is 0 Å². The molecule has 0 aliphatic heterocycles. The molecule has 0 radical (unpaired) electrons. The van der Waals surface area contributed by atoms with Crippen LogP contribution in [0.2, 0.25) is 5.02 Å². The van der Waals surface area contributed by atoms with Gasteiger partial charge in [0.2, 0.25) is 0 Å². The summed E-state index contributed by atoms with van der Waals surface area (Å²) in [5, 5.41) is 12.1. The topological polar surface area (TPSA) is 59.8 Å². The molecule has 0 bridgehead atoms. The van der Waals surface area contributed by atoms with Crippen molar-refractivity contribution in [2.75, 3.05) is 5.32 Å². The zero-order chi connectivity index (χ0) is 18.1. The standard InChI is InChI=1S/C19H12ClFN4O/c20-12-4-3-5-14(10-12)25-23-17-9-8-13(11-18(17)24-25)22-19(26)15-6-1-2-7-16(15)21/h1-11H,(H,22,26). The second kappa shape index (κ2) is 6.57. The number of carbonyl (C=O) groups is 1. The van der Waals surface area contributed by atoms with Gasteiger partial charge in [0.15, 0.2) is 0 Å². The molecule has 0 atom stereocenters. The molecule has 1 heterocycles. The van der Waals surface area contributed by atoms with Crippen LogP contribution in [0.15, 0.2) is 66.7 Å². The van der Waals surface area contributed by atoms with E-state index in [0.29, 0.717) is 21.7 Å². The van der Waals surface area contributed by atoms with Gasteiger partial charge < -0.3 is 5.32 Å². The fourth-order valence-electron chi connectivity index (χ4n) is 2.55. The lowest BCUT2D eigenvalue weighted by molar-refractivity contribution is 0.102. The Labute approximate surface area is 153 Å². The number of carbonyl (C=O) groups excluding carboxylic acids is 1. The van der Waals surface area contributed by atoms with Crippen LogP contribution in [0.4, 0.5) is 10.1 Å². The van der Waals surface area contributed by atoms with Crippen LogP contribution >= 0.6 is 11.6 Å². The molecule has 1 amide bonds. The van der Waals surface area contributed by atoms with E-state index in [1.54, 1.807) is 36.4 Å². The Kier molecular flexibility index (Phi) is 4.10. The molecule has 7 heteroatoms. The largest absolute Gasteiger partial charge is 0.322 e. The minimum absolute atomic E-state index is 0.0184. The Bertz CT molecular complexity index is 1130. The molecule has 1 aromatic heterocycles. The van der Waals surface area contributed by atoms with Gasteiger partial charge in [-0.05, 0) is 48.5 Å². The first kappa shape index (κ1) is 16.2. The van der Waals surface area contributed by atoms with E-state index in [4.69, 9.17) is 11.6 Å². The smallest absolute Gasteiger partial charge is 0.258 e. The number of halogens is 2. The van der Waals surface area contributed by atoms with Crippen LogP contribution in [0.25, 0.3) is 16.7 Å². The molecule has 0 saturated carbocycles. The van der Waals surface area contributed by atoms with Gasteiger partial charge in [-0.1, -0.05) is 29.8 Å². The molecule has 0 unspecified atom stereocenters. The molecular formula is C19H12ClFN4O. The van der Waals surface area contributed by atoms with Gasteiger partial charge in [-0.25, -0.2) is 4.39 Å². The molecule has 0 aliphatic carbocycles. The second-order valence-corrected chi connectivity index (χ2v) is 6.04. The van der Waals surface area contributed by atoms with E-state index < -0.39 is 11.7 Å². The molecule has 0 fully saturated rings. The highest BCUT2D eigenvalue weighted by Gasteiger charge is 2.12. The summed E-state index contributed by atoms with van der Waals surface area (Å²) in [5.41, 5.74) is 2.47. The number of nitrogens with one attached hydrogen (secondary N) is 1. The molecule has 3 aromatic carbocycles. The van der Waals surface area contributed by atoms with Crippen molar-refractivity contribution >= 4 is 34.2 Å². The number of hydrogen-bond donors (Lipinski definition) is 1. The van der Waals surface area contributed by atoms with Crippen LogP contribution in [-0.2, 0) is 0 Å². The lowest BCUT2D eigenvalue weighted by atomic mass is 10.2. The number of anilines is 1. The zero-order valence-corrected chi connectivity index (χ0v) is 14.1. The third-order valence-corrected chi connectivity index (χ3v) is 4.03. The minimum Gasteiger partial charge on any atom is -0.322 e. The van der Waals surface area contributed by atoms with Crippen LogP contribution < -0.4 is 5.32 Å². The van der Waals surface area contributed by atoms with E-state index in [2.05, 4.69) is 15.5 Å². The number of benzene rings is 3. The lowest BCUT2D eigenvalue weighted by Crippen LogP contribution is -2.13. The Balaban J connectivity index is 1.64. The van der Waals surface area contributed by atoms with Crippen molar-refractivity contribution in [2.45, 2.75) is 0 Å². The van der Waals surface area contributed by atoms with Crippen molar-refractivity contribution in [3.05, 3.63) is 83.1 Å². The zero-order valence-electron chi connectivity index (χ0n) is 13.4. The van der Waals surface area contributed by atoms with Crippen LogP contribution in [0.3, 0.4) is 0 Å². The molecule has 0 spiro atoms. The predicted molar refractivity (Wildman–Crippen MR) is 98.2 cm³/mol. The molecule has 4 aromatic rings. The van der Waals surface area contributed by atoms with Crippen molar-refractivity contribution in [3.8, 4) is 5.69 Å². The summed E-state index contributed by atoms with van der Waals surface area (Å²) in [5.74, 6) is -1.09. The highest BCUT2D eigenvalue weighted by molar-refractivity contribution is 6.30. The molecule has 1 N–H and O–H groups in total. The van der Waals surface area contributed by atoms with Gasteiger partial charge in [0.1, 0.15) is 16.9 Å². The molecule has 0 aliphatic rings. The van der Waals surface area contributed by atoms with Crippen molar-refractivity contribution in [3.63, 3.8) is 0 Å². The number of hydrogen-bond acceptors (Lipinski definition) is 3. The van der Waals surface area contributed by atoms with E-state index in [0.717, 1.165) is 5.69 Å².